The van der Waals surface area contributed by atoms with Gasteiger partial charge in [-0.25, -0.2) is 0 Å². The van der Waals surface area contributed by atoms with Crippen LogP contribution in [0.5, 0.6) is 11.5 Å². The van der Waals surface area contributed by atoms with Crippen molar-refractivity contribution in [1.29, 1.82) is 0 Å². The van der Waals surface area contributed by atoms with Crippen LogP contribution in [-0.2, 0) is 16.2 Å². The normalized spacial score (nSPS) is 17.9. The van der Waals surface area contributed by atoms with Gasteiger partial charge < -0.3 is 14.4 Å². The highest BCUT2D eigenvalue weighted by molar-refractivity contribution is 6.06. The fourth-order valence-electron chi connectivity index (χ4n) is 5.90. The highest BCUT2D eigenvalue weighted by Gasteiger charge is 2.43. The SMILES string of the molecule is CCCN1C2=C(C(=O)CCC2)C(c2ccc(OCc3ccc([N+](=O)[O-])cc3)c(OC)c2)C2=C1CCCC2=O. The van der Waals surface area contributed by atoms with Gasteiger partial charge in [-0.1, -0.05) is 13.0 Å². The van der Waals surface area contributed by atoms with Gasteiger partial charge >= 0.3 is 0 Å². The number of nitro benzene ring substituents is 1. The van der Waals surface area contributed by atoms with Crippen LogP contribution in [0.1, 0.15) is 68.9 Å². The monoisotopic (exact) mass is 516 g/mol. The molecule has 3 aliphatic rings. The summed E-state index contributed by atoms with van der Waals surface area (Å²) in [5.74, 6) is 0.883. The molecule has 0 saturated heterocycles. The second-order valence-corrected chi connectivity index (χ2v) is 9.98. The zero-order chi connectivity index (χ0) is 26.8. The van der Waals surface area contributed by atoms with Crippen molar-refractivity contribution in [1.82, 2.24) is 4.90 Å². The van der Waals surface area contributed by atoms with Crippen LogP contribution in [0.3, 0.4) is 0 Å². The summed E-state index contributed by atoms with van der Waals surface area (Å²) in [5, 5.41) is 10.9. The molecule has 198 valence electrons. The molecule has 0 atom stereocenters. The molecule has 0 saturated carbocycles. The predicted octanol–water partition coefficient (Wildman–Crippen LogP) is 6.01. The number of Topliss-reactive ketones (excluding diaryl/α,β-unsaturated/α-hetero) is 2. The van der Waals surface area contributed by atoms with Crippen LogP contribution in [0.2, 0.25) is 0 Å². The lowest BCUT2D eigenvalue weighted by Crippen LogP contribution is -2.39. The van der Waals surface area contributed by atoms with Gasteiger partial charge in [0.15, 0.2) is 23.1 Å². The van der Waals surface area contributed by atoms with Crippen LogP contribution in [0.25, 0.3) is 0 Å². The van der Waals surface area contributed by atoms with Crippen molar-refractivity contribution in [2.75, 3.05) is 13.7 Å². The van der Waals surface area contributed by atoms with Gasteiger partial charge in [-0.15, -0.1) is 0 Å². The smallest absolute Gasteiger partial charge is 0.269 e. The van der Waals surface area contributed by atoms with Crippen LogP contribution < -0.4 is 9.47 Å². The summed E-state index contributed by atoms with van der Waals surface area (Å²) < 4.78 is 11.7. The number of allylic oxidation sites excluding steroid dienone is 4. The standard InChI is InChI=1S/C30H32N2O6/c1-3-16-31-22-6-4-8-24(33)29(22)28(30-23(31)7-5-9-25(30)34)20-12-15-26(27(17-20)37-2)38-18-19-10-13-21(14-11-19)32(35)36/h10-15,17,28H,3-9,16,18H2,1-2H3. The van der Waals surface area contributed by atoms with E-state index in [4.69, 9.17) is 9.47 Å². The Hall–Kier alpha value is -3.94. The van der Waals surface area contributed by atoms with Crippen molar-refractivity contribution in [3.05, 3.63) is 86.2 Å². The van der Waals surface area contributed by atoms with E-state index in [1.54, 1.807) is 19.2 Å². The Morgan fingerprint density at radius 1 is 0.921 bits per heavy atom. The number of carbonyl (C=O) groups excluding carboxylic acids is 2. The summed E-state index contributed by atoms with van der Waals surface area (Å²) in [4.78, 5) is 39.5. The molecule has 0 radical (unpaired) electrons. The van der Waals surface area contributed by atoms with Crippen molar-refractivity contribution < 1.29 is 24.0 Å². The number of benzene rings is 2. The first-order valence-electron chi connectivity index (χ1n) is 13.3. The minimum atomic E-state index is -0.436. The Morgan fingerprint density at radius 2 is 1.55 bits per heavy atom. The second-order valence-electron chi connectivity index (χ2n) is 9.98. The first-order chi connectivity index (χ1) is 18.4. The minimum absolute atomic E-state index is 0.0255. The minimum Gasteiger partial charge on any atom is -0.493 e. The maximum absolute atomic E-state index is 13.4. The lowest BCUT2D eigenvalue weighted by molar-refractivity contribution is -0.384. The Balaban J connectivity index is 1.51. The van der Waals surface area contributed by atoms with Crippen LogP contribution >= 0.6 is 0 Å². The van der Waals surface area contributed by atoms with Crippen molar-refractivity contribution in [2.45, 2.75) is 64.4 Å². The molecular weight excluding hydrogens is 484 g/mol. The molecule has 2 aliphatic carbocycles. The van der Waals surface area contributed by atoms with Crippen LogP contribution in [0.4, 0.5) is 5.69 Å². The van der Waals surface area contributed by atoms with Gasteiger partial charge in [0.2, 0.25) is 0 Å². The fourth-order valence-corrected chi connectivity index (χ4v) is 5.90. The molecule has 0 spiro atoms. The topological polar surface area (TPSA) is 99.0 Å². The number of rotatable bonds is 8. The molecular formula is C30H32N2O6. The summed E-state index contributed by atoms with van der Waals surface area (Å²) in [6.45, 7) is 3.15. The molecule has 8 heteroatoms. The highest BCUT2D eigenvalue weighted by atomic mass is 16.6. The number of carbonyl (C=O) groups is 2. The molecule has 0 fully saturated rings. The first-order valence-corrected chi connectivity index (χ1v) is 13.3. The van der Waals surface area contributed by atoms with Crippen molar-refractivity contribution in [3.63, 3.8) is 0 Å². The summed E-state index contributed by atoms with van der Waals surface area (Å²) in [7, 11) is 1.56. The van der Waals surface area contributed by atoms with E-state index in [2.05, 4.69) is 11.8 Å². The van der Waals surface area contributed by atoms with Gasteiger partial charge in [0.1, 0.15) is 6.61 Å². The molecule has 0 bridgehead atoms. The van der Waals surface area contributed by atoms with Crippen LogP contribution in [0, 0.1) is 10.1 Å². The summed E-state index contributed by atoms with van der Waals surface area (Å²) in [6, 6.07) is 11.8. The highest BCUT2D eigenvalue weighted by Crippen LogP contribution is 2.50. The van der Waals surface area contributed by atoms with E-state index < -0.39 is 10.8 Å². The van der Waals surface area contributed by atoms with Crippen molar-refractivity contribution in [2.24, 2.45) is 0 Å². The molecule has 2 aromatic carbocycles. The van der Waals surface area contributed by atoms with Gasteiger partial charge in [-0.3, -0.25) is 19.7 Å². The van der Waals surface area contributed by atoms with E-state index >= 15 is 0 Å². The van der Waals surface area contributed by atoms with Gasteiger partial charge in [0, 0.05) is 60.0 Å². The van der Waals surface area contributed by atoms with Gasteiger partial charge in [-0.2, -0.15) is 0 Å². The zero-order valence-electron chi connectivity index (χ0n) is 21.8. The predicted molar refractivity (Wildman–Crippen MR) is 142 cm³/mol. The van der Waals surface area contributed by atoms with Crippen LogP contribution in [0.15, 0.2) is 65.0 Å². The molecule has 0 aromatic heterocycles. The van der Waals surface area contributed by atoms with E-state index in [0.717, 1.165) is 72.3 Å². The van der Waals surface area contributed by atoms with Crippen molar-refractivity contribution in [3.8, 4) is 11.5 Å². The van der Waals surface area contributed by atoms with E-state index in [0.29, 0.717) is 24.3 Å². The Morgan fingerprint density at radius 3 is 2.11 bits per heavy atom. The maximum atomic E-state index is 13.4. The van der Waals surface area contributed by atoms with Gasteiger partial charge in [0.25, 0.3) is 5.69 Å². The number of nitrogens with zero attached hydrogens (tertiary/aromatic N) is 2. The van der Waals surface area contributed by atoms with Crippen molar-refractivity contribution >= 4 is 17.3 Å². The summed E-state index contributed by atoms with van der Waals surface area (Å²) in [5.41, 5.74) is 5.36. The van der Waals surface area contributed by atoms with E-state index in [9.17, 15) is 19.7 Å². The lowest BCUT2D eigenvalue weighted by atomic mass is 9.71. The Bertz CT molecular complexity index is 1300. The molecule has 0 unspecified atom stereocenters. The van der Waals surface area contributed by atoms with E-state index in [-0.39, 0.29) is 23.9 Å². The fraction of sp³-hybridized carbons (Fsp3) is 0.400. The largest absolute Gasteiger partial charge is 0.493 e. The van der Waals surface area contributed by atoms with E-state index in [1.807, 2.05) is 18.2 Å². The van der Waals surface area contributed by atoms with Gasteiger partial charge in [0.05, 0.1) is 12.0 Å². The quantitative estimate of drug-likeness (QED) is 0.313. The third-order valence-corrected chi connectivity index (χ3v) is 7.60. The third-order valence-electron chi connectivity index (χ3n) is 7.60. The first kappa shape index (κ1) is 25.7. The zero-order valence-corrected chi connectivity index (χ0v) is 21.8. The second kappa shape index (κ2) is 10.8. The number of ether oxygens (including phenoxy) is 2. The molecule has 5 rings (SSSR count). The Kier molecular flexibility index (Phi) is 7.31. The molecule has 38 heavy (non-hydrogen) atoms. The molecule has 0 N–H and O–H groups in total. The van der Waals surface area contributed by atoms with Gasteiger partial charge in [-0.05, 0) is 67.5 Å². The average Bonchev–Trinajstić information content (AvgIpc) is 2.93. The number of nitro groups is 1. The van der Waals surface area contributed by atoms with Crippen LogP contribution in [-0.4, -0.2) is 35.0 Å². The third kappa shape index (κ3) is 4.71. The molecule has 8 nitrogen and oxygen atoms in total. The average molecular weight is 517 g/mol. The maximum Gasteiger partial charge on any atom is 0.269 e. The molecule has 1 aliphatic heterocycles. The summed E-state index contributed by atoms with van der Waals surface area (Å²) >= 11 is 0. The number of methoxy groups -OCH3 is 1. The number of hydrogen-bond donors (Lipinski definition) is 0. The number of ketones is 2. The van der Waals surface area contributed by atoms with E-state index in [1.165, 1.54) is 12.1 Å². The number of hydrogen-bond acceptors (Lipinski definition) is 7. The molecule has 0 amide bonds. The molecule has 2 aromatic rings. The Labute approximate surface area is 222 Å². The lowest BCUT2D eigenvalue weighted by Gasteiger charge is -2.44. The number of non-ortho nitro benzene ring substituents is 1. The summed E-state index contributed by atoms with van der Waals surface area (Å²) in [6.07, 6.45) is 5.29. The molecule has 1 heterocycles.